The molecule has 0 aliphatic carbocycles. The lowest BCUT2D eigenvalue weighted by atomic mass is 10.2. The third kappa shape index (κ3) is 3.53. The summed E-state index contributed by atoms with van der Waals surface area (Å²) in [6, 6.07) is 7.45. The second kappa shape index (κ2) is 6.95. The van der Waals surface area contributed by atoms with E-state index in [0.717, 1.165) is 29.6 Å². The van der Waals surface area contributed by atoms with Crippen LogP contribution in [0.3, 0.4) is 0 Å². The van der Waals surface area contributed by atoms with Crippen molar-refractivity contribution in [2.24, 2.45) is 0 Å². The van der Waals surface area contributed by atoms with E-state index in [1.807, 2.05) is 43.0 Å². The zero-order chi connectivity index (χ0) is 17.1. The molecule has 0 saturated carbocycles. The highest BCUT2D eigenvalue weighted by molar-refractivity contribution is 5.98. The number of carbonyl (C=O) groups excluding carboxylic acids is 2. The Balaban J connectivity index is 1.65. The van der Waals surface area contributed by atoms with Crippen LogP contribution in [0.25, 0.3) is 10.9 Å². The van der Waals surface area contributed by atoms with Gasteiger partial charge in [0.25, 0.3) is 5.91 Å². The average Bonchev–Trinajstić information content (AvgIpc) is 3.14. The first-order valence-corrected chi connectivity index (χ1v) is 8.41. The number of amides is 2. The van der Waals surface area contributed by atoms with Gasteiger partial charge < -0.3 is 19.9 Å². The summed E-state index contributed by atoms with van der Waals surface area (Å²) >= 11 is 0. The Morgan fingerprint density at radius 3 is 2.96 bits per heavy atom. The van der Waals surface area contributed by atoms with Crippen molar-refractivity contribution < 1.29 is 14.3 Å². The van der Waals surface area contributed by atoms with Crippen LogP contribution in [0.5, 0.6) is 5.75 Å². The SMILES string of the molecule is CCOc1ccc2cc(C(=O)N[C@H](C)CN3CCCC3=O)[nH]c2c1. The molecule has 1 saturated heterocycles. The molecular weight excluding hydrogens is 306 g/mol. The van der Waals surface area contributed by atoms with Crippen molar-refractivity contribution >= 4 is 22.7 Å². The molecule has 1 aliphatic heterocycles. The number of rotatable bonds is 6. The van der Waals surface area contributed by atoms with E-state index in [9.17, 15) is 9.59 Å². The minimum atomic E-state index is -0.164. The minimum absolute atomic E-state index is 0.0926. The van der Waals surface area contributed by atoms with Crippen molar-refractivity contribution in [3.05, 3.63) is 30.0 Å². The Labute approximate surface area is 141 Å². The van der Waals surface area contributed by atoms with Gasteiger partial charge in [0.2, 0.25) is 5.91 Å². The van der Waals surface area contributed by atoms with Gasteiger partial charge in [-0.2, -0.15) is 0 Å². The van der Waals surface area contributed by atoms with Crippen molar-refractivity contribution in [2.75, 3.05) is 19.7 Å². The van der Waals surface area contributed by atoms with Gasteiger partial charge in [-0.1, -0.05) is 0 Å². The zero-order valence-electron chi connectivity index (χ0n) is 14.1. The van der Waals surface area contributed by atoms with Gasteiger partial charge in [-0.05, 0) is 38.5 Å². The van der Waals surface area contributed by atoms with Crippen molar-refractivity contribution in [2.45, 2.75) is 32.7 Å². The van der Waals surface area contributed by atoms with Crippen molar-refractivity contribution in [3.63, 3.8) is 0 Å². The number of H-pyrrole nitrogens is 1. The monoisotopic (exact) mass is 329 g/mol. The first-order valence-electron chi connectivity index (χ1n) is 8.41. The predicted molar refractivity (Wildman–Crippen MR) is 92.2 cm³/mol. The summed E-state index contributed by atoms with van der Waals surface area (Å²) in [5.74, 6) is 0.785. The topological polar surface area (TPSA) is 74.4 Å². The number of hydrogen-bond acceptors (Lipinski definition) is 3. The second-order valence-corrected chi connectivity index (χ2v) is 6.18. The summed E-state index contributed by atoms with van der Waals surface area (Å²) in [6.45, 7) is 5.79. The van der Waals surface area contributed by atoms with E-state index in [0.29, 0.717) is 25.3 Å². The fraction of sp³-hybridized carbons (Fsp3) is 0.444. The van der Waals surface area contributed by atoms with Crippen LogP contribution in [-0.4, -0.2) is 47.4 Å². The summed E-state index contributed by atoms with van der Waals surface area (Å²) in [4.78, 5) is 29.0. The van der Waals surface area contributed by atoms with Crippen LogP contribution in [0.2, 0.25) is 0 Å². The molecule has 1 aromatic carbocycles. The molecule has 0 radical (unpaired) electrons. The molecule has 1 aromatic heterocycles. The van der Waals surface area contributed by atoms with Crippen molar-refractivity contribution in [1.82, 2.24) is 15.2 Å². The van der Waals surface area contributed by atoms with Crippen LogP contribution in [-0.2, 0) is 4.79 Å². The van der Waals surface area contributed by atoms with E-state index in [4.69, 9.17) is 4.74 Å². The summed E-state index contributed by atoms with van der Waals surface area (Å²) in [7, 11) is 0. The molecule has 2 aromatic rings. The first kappa shape index (κ1) is 16.4. The quantitative estimate of drug-likeness (QED) is 0.854. The number of hydrogen-bond donors (Lipinski definition) is 2. The molecule has 2 heterocycles. The predicted octanol–water partition coefficient (Wildman–Crippen LogP) is 2.31. The lowest BCUT2D eigenvalue weighted by Crippen LogP contribution is -2.42. The highest BCUT2D eigenvalue weighted by atomic mass is 16.5. The van der Waals surface area contributed by atoms with Gasteiger partial charge in [-0.15, -0.1) is 0 Å². The molecular formula is C18H23N3O3. The Kier molecular flexibility index (Phi) is 4.74. The number of carbonyl (C=O) groups is 2. The van der Waals surface area contributed by atoms with Crippen LogP contribution in [0.4, 0.5) is 0 Å². The van der Waals surface area contributed by atoms with Crippen LogP contribution in [0, 0.1) is 0 Å². The third-order valence-electron chi connectivity index (χ3n) is 4.19. The smallest absolute Gasteiger partial charge is 0.267 e. The Morgan fingerprint density at radius 2 is 2.25 bits per heavy atom. The zero-order valence-corrected chi connectivity index (χ0v) is 14.1. The van der Waals surface area contributed by atoms with E-state index >= 15 is 0 Å². The van der Waals surface area contributed by atoms with Crippen LogP contribution in [0.1, 0.15) is 37.2 Å². The molecule has 6 heteroatoms. The molecule has 1 aliphatic rings. The Hall–Kier alpha value is -2.50. The molecule has 0 unspecified atom stereocenters. The summed E-state index contributed by atoms with van der Waals surface area (Å²) in [5, 5.41) is 3.91. The lowest BCUT2D eigenvalue weighted by molar-refractivity contribution is -0.127. The second-order valence-electron chi connectivity index (χ2n) is 6.18. The normalized spacial score (nSPS) is 15.8. The van der Waals surface area contributed by atoms with E-state index in [1.54, 1.807) is 0 Å². The van der Waals surface area contributed by atoms with E-state index in [2.05, 4.69) is 10.3 Å². The fourth-order valence-corrected chi connectivity index (χ4v) is 3.06. The molecule has 6 nitrogen and oxygen atoms in total. The number of nitrogens with zero attached hydrogens (tertiary/aromatic N) is 1. The van der Waals surface area contributed by atoms with Crippen LogP contribution in [0.15, 0.2) is 24.3 Å². The number of ether oxygens (including phenoxy) is 1. The highest BCUT2D eigenvalue weighted by Gasteiger charge is 2.22. The maximum atomic E-state index is 12.4. The Morgan fingerprint density at radius 1 is 1.42 bits per heavy atom. The number of benzene rings is 1. The summed E-state index contributed by atoms with van der Waals surface area (Å²) < 4.78 is 5.47. The van der Waals surface area contributed by atoms with Crippen LogP contribution >= 0.6 is 0 Å². The van der Waals surface area contributed by atoms with Gasteiger partial charge >= 0.3 is 0 Å². The maximum Gasteiger partial charge on any atom is 0.267 e. The van der Waals surface area contributed by atoms with Crippen molar-refractivity contribution in [1.29, 1.82) is 0 Å². The number of aromatic nitrogens is 1. The Bertz CT molecular complexity index is 753. The third-order valence-corrected chi connectivity index (χ3v) is 4.19. The number of nitrogens with one attached hydrogen (secondary N) is 2. The van der Waals surface area contributed by atoms with Crippen molar-refractivity contribution in [3.8, 4) is 5.75 Å². The molecule has 2 amide bonds. The molecule has 0 spiro atoms. The molecule has 24 heavy (non-hydrogen) atoms. The number of fused-ring (bicyclic) bond motifs is 1. The standard InChI is InChI=1S/C18H23N3O3/c1-3-24-14-7-6-13-9-16(20-15(13)10-14)18(23)19-12(2)11-21-8-4-5-17(21)22/h6-7,9-10,12,20H,3-5,8,11H2,1-2H3,(H,19,23)/t12-/m1/s1. The minimum Gasteiger partial charge on any atom is -0.494 e. The van der Waals surface area contributed by atoms with Gasteiger partial charge in [-0.25, -0.2) is 0 Å². The first-order chi connectivity index (χ1) is 11.6. The van der Waals surface area contributed by atoms with Gasteiger partial charge in [0.05, 0.1) is 6.61 Å². The van der Waals surface area contributed by atoms with E-state index < -0.39 is 0 Å². The van der Waals surface area contributed by atoms with Gasteiger partial charge in [0.15, 0.2) is 0 Å². The van der Waals surface area contributed by atoms with Crippen LogP contribution < -0.4 is 10.1 Å². The fourth-order valence-electron chi connectivity index (χ4n) is 3.06. The maximum absolute atomic E-state index is 12.4. The van der Waals surface area contributed by atoms with Gasteiger partial charge in [0, 0.05) is 42.5 Å². The molecule has 128 valence electrons. The highest BCUT2D eigenvalue weighted by Crippen LogP contribution is 2.21. The molecule has 2 N–H and O–H groups in total. The summed E-state index contributed by atoms with van der Waals surface area (Å²) in [6.07, 6.45) is 1.52. The van der Waals surface area contributed by atoms with Gasteiger partial charge in [0.1, 0.15) is 11.4 Å². The summed E-state index contributed by atoms with van der Waals surface area (Å²) in [5.41, 5.74) is 1.38. The average molecular weight is 329 g/mol. The van der Waals surface area contributed by atoms with E-state index in [1.165, 1.54) is 0 Å². The largest absolute Gasteiger partial charge is 0.494 e. The lowest BCUT2D eigenvalue weighted by Gasteiger charge is -2.21. The molecule has 1 atom stereocenters. The molecule has 3 rings (SSSR count). The van der Waals surface area contributed by atoms with Gasteiger partial charge in [-0.3, -0.25) is 9.59 Å². The number of likely N-dealkylation sites (tertiary alicyclic amines) is 1. The molecule has 0 bridgehead atoms. The number of aromatic amines is 1. The molecule has 1 fully saturated rings. The van der Waals surface area contributed by atoms with E-state index in [-0.39, 0.29) is 17.9 Å².